The van der Waals surface area contributed by atoms with E-state index in [1.165, 1.54) is 6.07 Å². The Morgan fingerprint density at radius 1 is 0.833 bits per heavy atom. The first kappa shape index (κ1) is 25.4. The van der Waals surface area contributed by atoms with Gasteiger partial charge in [-0.15, -0.1) is 0 Å². The molecule has 1 heterocycles. The highest BCUT2D eigenvalue weighted by Gasteiger charge is 2.23. The third-order valence-electron chi connectivity index (χ3n) is 6.31. The zero-order valence-electron chi connectivity index (χ0n) is 20.6. The van der Waals surface area contributed by atoms with E-state index in [2.05, 4.69) is 10.0 Å². The molecule has 1 aliphatic heterocycles. The van der Waals surface area contributed by atoms with Crippen molar-refractivity contribution >= 4 is 33.2 Å². The second-order valence-electron chi connectivity index (χ2n) is 9.16. The molecule has 0 atom stereocenters. The summed E-state index contributed by atoms with van der Waals surface area (Å²) in [6.45, 7) is 4.97. The predicted molar refractivity (Wildman–Crippen MR) is 142 cm³/mol. The van der Waals surface area contributed by atoms with Crippen molar-refractivity contribution in [1.29, 1.82) is 0 Å². The standard InChI is InChI=1S/C28H31N3O4S/c1-20-10-9-11-23(18-20)30-36(34,35)26-19-22(15-14-21(26)2)27(32)29-25-13-6-5-12-24(25)28(33)31-16-7-3-4-8-17-31/h5-6,9-15,18-19,30H,3-4,7-8,16-17H2,1-2H3,(H,29,32). The van der Waals surface area contributed by atoms with Crippen molar-refractivity contribution in [1.82, 2.24) is 4.90 Å². The average Bonchev–Trinajstić information content (AvgIpc) is 3.13. The number of hydrogen-bond acceptors (Lipinski definition) is 4. The number of anilines is 2. The highest BCUT2D eigenvalue weighted by Crippen LogP contribution is 2.24. The van der Waals surface area contributed by atoms with Gasteiger partial charge in [0.25, 0.3) is 21.8 Å². The van der Waals surface area contributed by atoms with Crippen LogP contribution in [-0.2, 0) is 10.0 Å². The van der Waals surface area contributed by atoms with Gasteiger partial charge in [-0.3, -0.25) is 14.3 Å². The molecule has 3 aromatic carbocycles. The first-order valence-corrected chi connectivity index (χ1v) is 13.6. The summed E-state index contributed by atoms with van der Waals surface area (Å²) < 4.78 is 28.8. The van der Waals surface area contributed by atoms with Gasteiger partial charge in [-0.2, -0.15) is 0 Å². The van der Waals surface area contributed by atoms with E-state index < -0.39 is 15.9 Å². The van der Waals surface area contributed by atoms with Crippen LogP contribution in [0.3, 0.4) is 0 Å². The first-order chi connectivity index (χ1) is 17.2. The summed E-state index contributed by atoms with van der Waals surface area (Å²) in [5.41, 5.74) is 2.90. The Bertz CT molecular complexity index is 1380. The third-order valence-corrected chi connectivity index (χ3v) is 7.83. The molecule has 0 saturated carbocycles. The van der Waals surface area contributed by atoms with Crippen LogP contribution in [0.2, 0.25) is 0 Å². The maximum Gasteiger partial charge on any atom is 0.262 e. The summed E-state index contributed by atoms with van der Waals surface area (Å²) in [6, 6.07) is 18.5. The monoisotopic (exact) mass is 505 g/mol. The molecule has 188 valence electrons. The number of sulfonamides is 1. The smallest absolute Gasteiger partial charge is 0.262 e. The van der Waals surface area contributed by atoms with Crippen LogP contribution in [0.1, 0.15) is 57.5 Å². The van der Waals surface area contributed by atoms with Crippen LogP contribution >= 0.6 is 0 Å². The summed E-state index contributed by atoms with van der Waals surface area (Å²) in [5.74, 6) is -0.597. The molecule has 0 spiro atoms. The number of carbonyl (C=O) groups excluding carboxylic acids is 2. The molecule has 3 aromatic rings. The van der Waals surface area contributed by atoms with E-state index in [4.69, 9.17) is 0 Å². The summed E-state index contributed by atoms with van der Waals surface area (Å²) >= 11 is 0. The molecule has 2 N–H and O–H groups in total. The van der Waals surface area contributed by atoms with E-state index in [9.17, 15) is 18.0 Å². The Balaban J connectivity index is 1.57. The van der Waals surface area contributed by atoms with Gasteiger partial charge in [0, 0.05) is 24.3 Å². The first-order valence-electron chi connectivity index (χ1n) is 12.1. The lowest BCUT2D eigenvalue weighted by Gasteiger charge is -2.22. The van der Waals surface area contributed by atoms with Crippen LogP contribution in [0.15, 0.2) is 71.6 Å². The van der Waals surface area contributed by atoms with Gasteiger partial charge < -0.3 is 10.2 Å². The molecule has 0 aromatic heterocycles. The zero-order valence-corrected chi connectivity index (χ0v) is 21.4. The molecular weight excluding hydrogens is 474 g/mol. The minimum Gasteiger partial charge on any atom is -0.339 e. The molecule has 1 saturated heterocycles. The van der Waals surface area contributed by atoms with E-state index in [1.807, 2.05) is 17.9 Å². The van der Waals surface area contributed by atoms with Gasteiger partial charge >= 0.3 is 0 Å². The Morgan fingerprint density at radius 3 is 2.28 bits per heavy atom. The van der Waals surface area contributed by atoms with Gasteiger partial charge in [0.1, 0.15) is 0 Å². The summed E-state index contributed by atoms with van der Waals surface area (Å²) in [6.07, 6.45) is 4.16. The molecule has 8 heteroatoms. The molecule has 7 nitrogen and oxygen atoms in total. The van der Waals surface area contributed by atoms with Crippen molar-refractivity contribution in [2.24, 2.45) is 0 Å². The van der Waals surface area contributed by atoms with Gasteiger partial charge in [0.15, 0.2) is 0 Å². The maximum absolute atomic E-state index is 13.2. The minimum atomic E-state index is -3.92. The number of benzene rings is 3. The van der Waals surface area contributed by atoms with Crippen LogP contribution < -0.4 is 10.0 Å². The van der Waals surface area contributed by atoms with Gasteiger partial charge in [-0.05, 0) is 74.2 Å². The molecule has 4 rings (SSSR count). The van der Waals surface area contributed by atoms with E-state index in [1.54, 1.807) is 61.5 Å². The number of nitrogens with zero attached hydrogens (tertiary/aromatic N) is 1. The quantitative estimate of drug-likeness (QED) is 0.471. The average molecular weight is 506 g/mol. The summed E-state index contributed by atoms with van der Waals surface area (Å²) in [4.78, 5) is 28.2. The van der Waals surface area contributed by atoms with Crippen LogP contribution in [0.25, 0.3) is 0 Å². The fraction of sp³-hybridized carbons (Fsp3) is 0.286. The lowest BCUT2D eigenvalue weighted by atomic mass is 10.1. The fourth-order valence-electron chi connectivity index (χ4n) is 4.37. The Kier molecular flexibility index (Phi) is 7.74. The third kappa shape index (κ3) is 5.94. The molecule has 0 aliphatic carbocycles. The van der Waals surface area contributed by atoms with Gasteiger partial charge in [0.2, 0.25) is 0 Å². The van der Waals surface area contributed by atoms with Gasteiger partial charge in [-0.1, -0.05) is 43.2 Å². The molecule has 36 heavy (non-hydrogen) atoms. The van der Waals surface area contributed by atoms with E-state index in [-0.39, 0.29) is 16.4 Å². The Morgan fingerprint density at radius 2 is 1.56 bits per heavy atom. The van der Waals surface area contributed by atoms with E-state index in [0.717, 1.165) is 31.2 Å². The predicted octanol–water partition coefficient (Wildman–Crippen LogP) is 5.37. The van der Waals surface area contributed by atoms with Crippen LogP contribution in [0, 0.1) is 13.8 Å². The molecule has 0 radical (unpaired) electrons. The van der Waals surface area contributed by atoms with Crippen LogP contribution in [-0.4, -0.2) is 38.2 Å². The molecule has 0 bridgehead atoms. The lowest BCUT2D eigenvalue weighted by molar-refractivity contribution is 0.0762. The highest BCUT2D eigenvalue weighted by molar-refractivity contribution is 7.92. The minimum absolute atomic E-state index is 0.0191. The fourth-order valence-corrected chi connectivity index (χ4v) is 5.69. The number of para-hydroxylation sites is 1. The highest BCUT2D eigenvalue weighted by atomic mass is 32.2. The number of rotatable bonds is 6. The largest absolute Gasteiger partial charge is 0.339 e. The van der Waals surface area contributed by atoms with Crippen molar-refractivity contribution < 1.29 is 18.0 Å². The second kappa shape index (κ2) is 11.0. The number of nitrogens with one attached hydrogen (secondary N) is 2. The number of hydrogen-bond donors (Lipinski definition) is 2. The van der Waals surface area contributed by atoms with Gasteiger partial charge in [0.05, 0.1) is 16.1 Å². The van der Waals surface area contributed by atoms with Crippen molar-refractivity contribution in [2.75, 3.05) is 23.1 Å². The van der Waals surface area contributed by atoms with E-state index in [0.29, 0.717) is 35.6 Å². The molecule has 1 aliphatic rings. The number of likely N-dealkylation sites (tertiary alicyclic amines) is 1. The second-order valence-corrected chi connectivity index (χ2v) is 10.8. The summed E-state index contributed by atoms with van der Waals surface area (Å²) in [7, 11) is -3.92. The van der Waals surface area contributed by atoms with Crippen molar-refractivity contribution in [2.45, 2.75) is 44.4 Å². The molecule has 0 unspecified atom stereocenters. The zero-order chi connectivity index (χ0) is 25.7. The van der Waals surface area contributed by atoms with Crippen LogP contribution in [0.4, 0.5) is 11.4 Å². The molecular formula is C28H31N3O4S. The Labute approximate surface area is 212 Å². The SMILES string of the molecule is Cc1cccc(NS(=O)(=O)c2cc(C(=O)Nc3ccccc3C(=O)N3CCCCCC3)ccc2C)c1. The number of carbonyl (C=O) groups is 2. The topological polar surface area (TPSA) is 95.6 Å². The van der Waals surface area contributed by atoms with Crippen molar-refractivity contribution in [3.05, 3.63) is 89.0 Å². The number of amides is 2. The van der Waals surface area contributed by atoms with Crippen LogP contribution in [0.5, 0.6) is 0 Å². The summed E-state index contributed by atoms with van der Waals surface area (Å²) in [5, 5.41) is 2.82. The normalized spacial score (nSPS) is 14.1. The maximum atomic E-state index is 13.2. The van der Waals surface area contributed by atoms with Crippen molar-refractivity contribution in [3.63, 3.8) is 0 Å². The van der Waals surface area contributed by atoms with Crippen molar-refractivity contribution in [3.8, 4) is 0 Å². The molecule has 2 amide bonds. The molecule has 1 fully saturated rings. The Hall–Kier alpha value is -3.65. The lowest BCUT2D eigenvalue weighted by Crippen LogP contribution is -2.32. The van der Waals surface area contributed by atoms with Gasteiger partial charge in [-0.25, -0.2) is 8.42 Å². The van der Waals surface area contributed by atoms with E-state index >= 15 is 0 Å². The number of aryl methyl sites for hydroxylation is 2.